The smallest absolute Gasteiger partial charge is 0.282 e. The molecule has 3 rings (SSSR count). The number of nitrogens with zero attached hydrogens (tertiary/aromatic N) is 1. The number of fused-ring (bicyclic) bond motifs is 3. The van der Waals surface area contributed by atoms with E-state index in [1.807, 2.05) is 0 Å². The number of sulfonamides is 1. The quantitative estimate of drug-likeness (QED) is 0.793. The summed E-state index contributed by atoms with van der Waals surface area (Å²) < 4.78 is 28.2. The summed E-state index contributed by atoms with van der Waals surface area (Å²) in [6, 6.07) is 6.68. The van der Waals surface area contributed by atoms with Crippen LogP contribution in [-0.4, -0.2) is 19.2 Å². The van der Waals surface area contributed by atoms with Crippen LogP contribution in [0.3, 0.4) is 0 Å². The Hall–Kier alpha value is -1.20. The van der Waals surface area contributed by atoms with Gasteiger partial charge in [0.15, 0.2) is 0 Å². The van der Waals surface area contributed by atoms with Gasteiger partial charge in [0.05, 0.1) is 10.6 Å². The molecule has 0 aromatic heterocycles. The molecule has 102 valence electrons. The lowest BCUT2D eigenvalue weighted by Gasteiger charge is -2.35. The van der Waals surface area contributed by atoms with Crippen LogP contribution < -0.4 is 0 Å². The van der Waals surface area contributed by atoms with E-state index in [0.717, 1.165) is 25.7 Å². The Balaban J connectivity index is 2.22. The predicted molar refractivity (Wildman–Crippen MR) is 72.7 cm³/mol. The van der Waals surface area contributed by atoms with Crippen LogP contribution in [0.1, 0.15) is 44.1 Å². The Kier molecular flexibility index (Phi) is 2.98. The number of benzene rings is 1. The lowest BCUT2D eigenvalue weighted by atomic mass is 9.80. The molecule has 5 heteroatoms. The second-order valence-corrected chi connectivity index (χ2v) is 6.86. The fourth-order valence-electron chi connectivity index (χ4n) is 3.02. The van der Waals surface area contributed by atoms with Gasteiger partial charge in [0.2, 0.25) is 0 Å². The van der Waals surface area contributed by atoms with Gasteiger partial charge in [-0.3, -0.25) is 0 Å². The molecule has 1 unspecified atom stereocenters. The second-order valence-electron chi connectivity index (χ2n) is 5.28. The van der Waals surface area contributed by atoms with Crippen molar-refractivity contribution in [3.05, 3.63) is 29.8 Å². The highest BCUT2D eigenvalue weighted by Crippen LogP contribution is 2.40. The van der Waals surface area contributed by atoms with E-state index in [1.54, 1.807) is 18.2 Å². The minimum atomic E-state index is -3.65. The number of hydrogen-bond donors (Lipinski definition) is 1. The molecule has 0 spiro atoms. The summed E-state index contributed by atoms with van der Waals surface area (Å²) in [6.45, 7) is 0. The summed E-state index contributed by atoms with van der Waals surface area (Å²) >= 11 is 0. The molecule has 1 aliphatic carbocycles. The predicted octanol–water partition coefficient (Wildman–Crippen LogP) is 2.37. The number of rotatable bonds is 0. The van der Waals surface area contributed by atoms with Crippen molar-refractivity contribution in [1.29, 1.82) is 0 Å². The highest BCUT2D eigenvalue weighted by Gasteiger charge is 2.43. The van der Waals surface area contributed by atoms with E-state index in [1.165, 1.54) is 6.07 Å². The topological polar surface area (TPSA) is 66.7 Å². The summed E-state index contributed by atoms with van der Waals surface area (Å²) in [5.41, 5.74) is -0.268. The van der Waals surface area contributed by atoms with Gasteiger partial charge < -0.3 is 5.11 Å². The van der Waals surface area contributed by atoms with Crippen molar-refractivity contribution in [2.45, 2.75) is 49.0 Å². The van der Waals surface area contributed by atoms with E-state index >= 15 is 0 Å². The summed E-state index contributed by atoms with van der Waals surface area (Å²) in [5.74, 6) is 0. The zero-order valence-corrected chi connectivity index (χ0v) is 11.5. The molecule has 0 amide bonds. The third-order valence-electron chi connectivity index (χ3n) is 4.02. The van der Waals surface area contributed by atoms with E-state index in [-0.39, 0.29) is 4.90 Å². The molecule has 1 aromatic carbocycles. The first-order valence-corrected chi connectivity index (χ1v) is 8.14. The van der Waals surface area contributed by atoms with Crippen molar-refractivity contribution >= 4 is 15.7 Å². The molecule has 2 aliphatic rings. The average Bonchev–Trinajstić information content (AvgIpc) is 2.37. The lowest BCUT2D eigenvalue weighted by Crippen LogP contribution is -2.41. The minimum absolute atomic E-state index is 0.154. The highest BCUT2D eigenvalue weighted by atomic mass is 32.2. The van der Waals surface area contributed by atoms with Crippen molar-refractivity contribution in [3.63, 3.8) is 0 Å². The zero-order chi connectivity index (χ0) is 13.5. The molecule has 1 aliphatic heterocycles. The third kappa shape index (κ3) is 2.01. The summed E-state index contributed by atoms with van der Waals surface area (Å²) in [6.07, 6.45) is 5.03. The van der Waals surface area contributed by atoms with Gasteiger partial charge in [-0.15, -0.1) is 0 Å². The monoisotopic (exact) mass is 279 g/mol. The van der Waals surface area contributed by atoms with Crippen molar-refractivity contribution < 1.29 is 13.5 Å². The van der Waals surface area contributed by atoms with Crippen LogP contribution >= 0.6 is 0 Å². The molecular weight excluding hydrogens is 262 g/mol. The molecule has 19 heavy (non-hydrogen) atoms. The molecule has 1 N–H and O–H groups in total. The van der Waals surface area contributed by atoms with Crippen LogP contribution in [0, 0.1) is 0 Å². The maximum Gasteiger partial charge on any atom is 0.282 e. The summed E-state index contributed by atoms with van der Waals surface area (Å²) in [4.78, 5) is 0.154. The van der Waals surface area contributed by atoms with Gasteiger partial charge in [-0.05, 0) is 31.7 Å². The SMILES string of the molecule is O=S1(=O)N=C2CCCCCCC2(O)c2ccccc21. The molecule has 4 nitrogen and oxygen atoms in total. The second kappa shape index (κ2) is 4.42. The molecule has 1 atom stereocenters. The summed E-state index contributed by atoms with van der Waals surface area (Å²) in [7, 11) is -3.65. The van der Waals surface area contributed by atoms with E-state index in [9.17, 15) is 13.5 Å². The van der Waals surface area contributed by atoms with Crippen molar-refractivity contribution in [3.8, 4) is 0 Å². The molecular formula is C14H17NO3S. The largest absolute Gasteiger partial charge is 0.379 e. The molecule has 0 radical (unpaired) electrons. The first kappa shape index (κ1) is 12.8. The van der Waals surface area contributed by atoms with Crippen LogP contribution in [-0.2, 0) is 15.6 Å². The molecule has 1 aromatic rings. The molecule has 1 saturated carbocycles. The maximum absolute atomic E-state index is 12.2. The van der Waals surface area contributed by atoms with Gasteiger partial charge in [0, 0.05) is 5.56 Å². The van der Waals surface area contributed by atoms with Gasteiger partial charge in [-0.25, -0.2) is 0 Å². The van der Waals surface area contributed by atoms with Crippen LogP contribution in [0.4, 0.5) is 0 Å². The Labute approximate surface area is 113 Å². The Morgan fingerprint density at radius 2 is 1.84 bits per heavy atom. The van der Waals surface area contributed by atoms with E-state index in [2.05, 4.69) is 4.40 Å². The molecule has 1 fully saturated rings. The average molecular weight is 279 g/mol. The van der Waals surface area contributed by atoms with Gasteiger partial charge in [-0.1, -0.05) is 31.0 Å². The van der Waals surface area contributed by atoms with Crippen molar-refractivity contribution in [2.75, 3.05) is 0 Å². The van der Waals surface area contributed by atoms with Gasteiger partial charge in [0.1, 0.15) is 5.60 Å². The van der Waals surface area contributed by atoms with E-state index in [0.29, 0.717) is 24.1 Å². The molecule has 1 heterocycles. The van der Waals surface area contributed by atoms with Crippen LogP contribution in [0.2, 0.25) is 0 Å². The Bertz CT molecular complexity index is 636. The van der Waals surface area contributed by atoms with Gasteiger partial charge >= 0.3 is 0 Å². The minimum Gasteiger partial charge on any atom is -0.379 e. The number of hydrogen-bond acceptors (Lipinski definition) is 3. The molecule has 0 bridgehead atoms. The zero-order valence-electron chi connectivity index (χ0n) is 10.7. The van der Waals surface area contributed by atoms with Crippen LogP contribution in [0.25, 0.3) is 0 Å². The first-order chi connectivity index (χ1) is 9.04. The maximum atomic E-state index is 12.2. The fourth-order valence-corrected chi connectivity index (χ4v) is 4.41. The van der Waals surface area contributed by atoms with Crippen molar-refractivity contribution in [2.24, 2.45) is 4.40 Å². The van der Waals surface area contributed by atoms with Crippen LogP contribution in [0.15, 0.2) is 33.6 Å². The van der Waals surface area contributed by atoms with E-state index < -0.39 is 15.6 Å². The highest BCUT2D eigenvalue weighted by molar-refractivity contribution is 7.90. The van der Waals surface area contributed by atoms with Gasteiger partial charge in [-0.2, -0.15) is 12.8 Å². The van der Waals surface area contributed by atoms with Crippen molar-refractivity contribution in [1.82, 2.24) is 0 Å². The Morgan fingerprint density at radius 3 is 2.68 bits per heavy atom. The fraction of sp³-hybridized carbons (Fsp3) is 0.500. The van der Waals surface area contributed by atoms with Crippen LogP contribution in [0.5, 0.6) is 0 Å². The van der Waals surface area contributed by atoms with Gasteiger partial charge in [0.25, 0.3) is 10.0 Å². The normalized spacial score (nSPS) is 29.4. The standard InChI is InChI=1S/C14H17NO3S/c16-14-10-6-2-1-3-9-13(14)15-19(17,18)12-8-5-4-7-11(12)14/h4-5,7-8,16H,1-3,6,9-10H2. The molecule has 0 saturated heterocycles. The first-order valence-electron chi connectivity index (χ1n) is 6.70. The number of aliphatic hydroxyl groups is 1. The Morgan fingerprint density at radius 1 is 1.11 bits per heavy atom. The third-order valence-corrected chi connectivity index (χ3v) is 5.39. The lowest BCUT2D eigenvalue weighted by molar-refractivity contribution is 0.0891. The summed E-state index contributed by atoms with van der Waals surface area (Å²) in [5, 5.41) is 11.0. The van der Waals surface area contributed by atoms with E-state index in [4.69, 9.17) is 0 Å².